The highest BCUT2D eigenvalue weighted by Crippen LogP contribution is 2.30. The summed E-state index contributed by atoms with van der Waals surface area (Å²) in [4.78, 5) is 23.9. The molecule has 0 aromatic carbocycles. The van der Waals surface area contributed by atoms with Gasteiger partial charge in [-0.05, 0) is 26.7 Å². The van der Waals surface area contributed by atoms with Gasteiger partial charge in [-0.1, -0.05) is 0 Å². The number of aliphatic carboxylic acids is 1. The Bertz CT molecular complexity index is 436. The Kier molecular flexibility index (Phi) is 3.52. The molecule has 17 heavy (non-hydrogen) atoms. The van der Waals surface area contributed by atoms with Crippen LogP contribution in [0.2, 0.25) is 0 Å². The third-order valence-corrected chi connectivity index (χ3v) is 5.02. The number of rotatable bonds is 5. The zero-order valence-electron chi connectivity index (χ0n) is 10.1. The fourth-order valence-electron chi connectivity index (χ4n) is 1.40. The first-order valence-corrected chi connectivity index (χ1v) is 7.19. The van der Waals surface area contributed by atoms with Crippen molar-refractivity contribution in [2.24, 2.45) is 0 Å². The van der Waals surface area contributed by atoms with Crippen molar-refractivity contribution in [3.63, 3.8) is 0 Å². The van der Waals surface area contributed by atoms with Crippen molar-refractivity contribution in [3.05, 3.63) is 0 Å². The molecule has 0 aromatic heterocycles. The normalized spacial score (nSPS) is 16.6. The molecule has 0 unspecified atom stereocenters. The summed E-state index contributed by atoms with van der Waals surface area (Å²) in [6.07, 6.45) is 2.45. The van der Waals surface area contributed by atoms with Gasteiger partial charge in [-0.25, -0.2) is 8.42 Å². The van der Waals surface area contributed by atoms with E-state index in [2.05, 4.69) is 0 Å². The van der Waals surface area contributed by atoms with Crippen molar-refractivity contribution in [2.45, 2.75) is 37.5 Å². The maximum absolute atomic E-state index is 12.1. The minimum Gasteiger partial charge on any atom is -0.480 e. The third kappa shape index (κ3) is 2.96. The van der Waals surface area contributed by atoms with E-state index >= 15 is 0 Å². The molecular weight excluding hydrogens is 246 g/mol. The number of carboxylic acids is 1. The molecule has 0 atom stereocenters. The van der Waals surface area contributed by atoms with E-state index in [0.29, 0.717) is 0 Å². The number of carbonyl (C=O) groups is 2. The molecule has 1 aliphatic carbocycles. The molecule has 1 N–H and O–H groups in total. The summed E-state index contributed by atoms with van der Waals surface area (Å²) in [6, 6.07) is -0.125. The standard InChI is InChI=1S/C10H17NO5S/c1-10(2,17(3,15)16)9(14)11(6-8(12)13)7-4-5-7/h7H,4-6H2,1-3H3,(H,12,13). The minimum atomic E-state index is -3.57. The van der Waals surface area contributed by atoms with Crippen LogP contribution in [0.4, 0.5) is 0 Å². The SMILES string of the molecule is CC(C)(C(=O)N(CC(=O)O)C1CC1)S(C)(=O)=O. The van der Waals surface area contributed by atoms with Crippen molar-refractivity contribution in [1.29, 1.82) is 0 Å². The predicted octanol–water partition coefficient (Wildman–Crippen LogP) is -0.115. The van der Waals surface area contributed by atoms with Gasteiger partial charge in [0.2, 0.25) is 5.91 Å². The van der Waals surface area contributed by atoms with E-state index in [1.807, 2.05) is 0 Å². The van der Waals surface area contributed by atoms with Crippen LogP contribution in [-0.2, 0) is 19.4 Å². The molecule has 1 aliphatic rings. The molecule has 1 saturated carbocycles. The van der Waals surface area contributed by atoms with Gasteiger partial charge in [0.05, 0.1) is 0 Å². The number of carboxylic acid groups (broad SMARTS) is 1. The molecule has 0 radical (unpaired) electrons. The van der Waals surface area contributed by atoms with Crippen molar-refractivity contribution in [1.82, 2.24) is 4.90 Å². The maximum atomic E-state index is 12.1. The van der Waals surface area contributed by atoms with Gasteiger partial charge >= 0.3 is 5.97 Å². The quantitative estimate of drug-likeness (QED) is 0.747. The number of sulfone groups is 1. The lowest BCUT2D eigenvalue weighted by Crippen LogP contribution is -2.51. The Balaban J connectivity index is 2.96. The number of amides is 1. The third-order valence-electron chi connectivity index (χ3n) is 3.00. The van der Waals surface area contributed by atoms with Crippen LogP contribution in [0.5, 0.6) is 0 Å². The average molecular weight is 263 g/mol. The first-order valence-electron chi connectivity index (χ1n) is 5.30. The van der Waals surface area contributed by atoms with Crippen molar-refractivity contribution < 1.29 is 23.1 Å². The predicted molar refractivity (Wildman–Crippen MR) is 61.3 cm³/mol. The first kappa shape index (κ1) is 14.0. The van der Waals surface area contributed by atoms with Crippen LogP contribution < -0.4 is 0 Å². The van der Waals surface area contributed by atoms with Gasteiger partial charge in [-0.2, -0.15) is 0 Å². The van der Waals surface area contributed by atoms with Crippen LogP contribution in [0.3, 0.4) is 0 Å². The van der Waals surface area contributed by atoms with Gasteiger partial charge in [0.1, 0.15) is 11.3 Å². The van der Waals surface area contributed by atoms with E-state index in [1.54, 1.807) is 0 Å². The van der Waals surface area contributed by atoms with Gasteiger partial charge in [-0.3, -0.25) is 9.59 Å². The second-order valence-corrected chi connectivity index (χ2v) is 7.41. The van der Waals surface area contributed by atoms with Gasteiger partial charge in [-0.15, -0.1) is 0 Å². The highest BCUT2D eigenvalue weighted by Gasteiger charge is 2.45. The van der Waals surface area contributed by atoms with Gasteiger partial charge in [0, 0.05) is 12.3 Å². The zero-order valence-corrected chi connectivity index (χ0v) is 11.0. The number of hydrogen-bond donors (Lipinski definition) is 1. The van der Waals surface area contributed by atoms with Crippen molar-refractivity contribution in [2.75, 3.05) is 12.8 Å². The lowest BCUT2D eigenvalue weighted by atomic mass is 10.1. The van der Waals surface area contributed by atoms with Crippen molar-refractivity contribution in [3.8, 4) is 0 Å². The van der Waals surface area contributed by atoms with Crippen LogP contribution >= 0.6 is 0 Å². The van der Waals surface area contributed by atoms with Crippen molar-refractivity contribution >= 4 is 21.7 Å². The van der Waals surface area contributed by atoms with Gasteiger partial charge in [0.25, 0.3) is 0 Å². The highest BCUT2D eigenvalue weighted by atomic mass is 32.2. The Labute approximate surface area is 101 Å². The molecule has 1 fully saturated rings. The summed E-state index contributed by atoms with van der Waals surface area (Å²) in [6.45, 7) is 2.17. The van der Waals surface area contributed by atoms with Crippen LogP contribution in [0.25, 0.3) is 0 Å². The fourth-order valence-corrected chi connectivity index (χ4v) is 1.84. The van der Waals surface area contributed by atoms with Crippen LogP contribution in [0, 0.1) is 0 Å². The summed E-state index contributed by atoms with van der Waals surface area (Å²) in [5.41, 5.74) is 0. The Morgan fingerprint density at radius 2 is 1.82 bits per heavy atom. The van der Waals surface area contributed by atoms with Crippen LogP contribution in [-0.4, -0.2) is 53.9 Å². The summed E-state index contributed by atoms with van der Waals surface area (Å²) < 4.78 is 21.5. The topological polar surface area (TPSA) is 91.8 Å². The molecule has 0 saturated heterocycles. The first-order chi connectivity index (χ1) is 7.57. The number of carbonyl (C=O) groups excluding carboxylic acids is 1. The zero-order chi connectivity index (χ0) is 13.4. The largest absolute Gasteiger partial charge is 0.480 e. The molecule has 0 spiro atoms. The fraction of sp³-hybridized carbons (Fsp3) is 0.800. The summed E-state index contributed by atoms with van der Waals surface area (Å²) >= 11 is 0. The number of hydrogen-bond acceptors (Lipinski definition) is 4. The second kappa shape index (κ2) is 4.29. The average Bonchev–Trinajstić information content (AvgIpc) is 2.93. The van der Waals surface area contributed by atoms with Crippen LogP contribution in [0.15, 0.2) is 0 Å². The number of nitrogens with zero attached hydrogens (tertiary/aromatic N) is 1. The highest BCUT2D eigenvalue weighted by molar-refractivity contribution is 7.92. The molecule has 0 aromatic rings. The lowest BCUT2D eigenvalue weighted by Gasteiger charge is -2.29. The Morgan fingerprint density at radius 1 is 1.35 bits per heavy atom. The summed E-state index contributed by atoms with van der Waals surface area (Å²) in [7, 11) is -3.57. The Hall–Kier alpha value is -1.11. The molecule has 1 rings (SSSR count). The van der Waals surface area contributed by atoms with E-state index < -0.39 is 33.0 Å². The lowest BCUT2D eigenvalue weighted by molar-refractivity contribution is -0.145. The molecule has 0 bridgehead atoms. The minimum absolute atomic E-state index is 0.125. The van der Waals surface area contributed by atoms with E-state index in [0.717, 1.165) is 24.0 Å². The molecule has 0 heterocycles. The van der Waals surface area contributed by atoms with E-state index in [9.17, 15) is 18.0 Å². The van der Waals surface area contributed by atoms with E-state index in [-0.39, 0.29) is 6.04 Å². The van der Waals surface area contributed by atoms with E-state index in [1.165, 1.54) is 13.8 Å². The molecule has 6 nitrogen and oxygen atoms in total. The van der Waals surface area contributed by atoms with Gasteiger partial charge in [0.15, 0.2) is 9.84 Å². The van der Waals surface area contributed by atoms with Crippen LogP contribution in [0.1, 0.15) is 26.7 Å². The summed E-state index contributed by atoms with van der Waals surface area (Å²) in [5.74, 6) is -1.76. The molecule has 7 heteroatoms. The maximum Gasteiger partial charge on any atom is 0.323 e. The second-order valence-electron chi connectivity index (χ2n) is 4.84. The molecule has 98 valence electrons. The monoisotopic (exact) mass is 263 g/mol. The van der Waals surface area contributed by atoms with E-state index in [4.69, 9.17) is 5.11 Å². The Morgan fingerprint density at radius 3 is 2.12 bits per heavy atom. The molecule has 0 aliphatic heterocycles. The smallest absolute Gasteiger partial charge is 0.323 e. The molecular formula is C10H17NO5S. The van der Waals surface area contributed by atoms with Gasteiger partial charge < -0.3 is 10.0 Å². The summed E-state index contributed by atoms with van der Waals surface area (Å²) in [5, 5.41) is 8.73. The molecule has 1 amide bonds.